The predicted molar refractivity (Wildman–Crippen MR) is 65.9 cm³/mol. The van der Waals surface area contributed by atoms with E-state index >= 15 is 0 Å². The monoisotopic (exact) mass is 241 g/mol. The van der Waals surface area contributed by atoms with Crippen molar-refractivity contribution in [2.24, 2.45) is 5.41 Å². The van der Waals surface area contributed by atoms with Gasteiger partial charge < -0.3 is 5.11 Å². The second-order valence-electron chi connectivity index (χ2n) is 5.01. The summed E-state index contributed by atoms with van der Waals surface area (Å²) in [6, 6.07) is 0. The Balaban J connectivity index is 2.58. The van der Waals surface area contributed by atoms with Crippen LogP contribution in [0.25, 0.3) is 0 Å². The Kier molecular flexibility index (Phi) is 4.08. The molecule has 0 aromatic carbocycles. The summed E-state index contributed by atoms with van der Waals surface area (Å²) in [5.41, 5.74) is 0.442. The first-order chi connectivity index (χ1) is 7.33. The van der Waals surface area contributed by atoms with E-state index in [4.69, 9.17) is 5.11 Å². The van der Waals surface area contributed by atoms with Crippen LogP contribution in [-0.2, 0) is 11.2 Å². The van der Waals surface area contributed by atoms with Gasteiger partial charge in [0.1, 0.15) is 0 Å². The van der Waals surface area contributed by atoms with Crippen LogP contribution in [0.2, 0.25) is 0 Å². The van der Waals surface area contributed by atoms with Gasteiger partial charge in [0.15, 0.2) is 0 Å². The van der Waals surface area contributed by atoms with Gasteiger partial charge in [-0.15, -0.1) is 11.3 Å². The van der Waals surface area contributed by atoms with E-state index in [1.54, 1.807) is 25.2 Å². The lowest BCUT2D eigenvalue weighted by molar-refractivity contribution is -0.147. The molecule has 1 heterocycles. The number of thiazole rings is 1. The van der Waals surface area contributed by atoms with E-state index in [0.717, 1.165) is 17.1 Å². The third kappa shape index (κ3) is 3.30. The van der Waals surface area contributed by atoms with Crippen LogP contribution in [0.4, 0.5) is 0 Å². The maximum Gasteiger partial charge on any atom is 0.309 e. The maximum absolute atomic E-state index is 10.9. The van der Waals surface area contributed by atoms with E-state index in [0.29, 0.717) is 12.3 Å². The predicted octanol–water partition coefficient (Wildman–Crippen LogP) is 3.31. The molecule has 0 amide bonds. The van der Waals surface area contributed by atoms with Crippen molar-refractivity contribution in [1.29, 1.82) is 0 Å². The highest BCUT2D eigenvalue weighted by Gasteiger charge is 2.26. The largest absolute Gasteiger partial charge is 0.481 e. The summed E-state index contributed by atoms with van der Waals surface area (Å²) in [7, 11) is 0. The van der Waals surface area contributed by atoms with Gasteiger partial charge in [-0.25, -0.2) is 4.98 Å². The molecule has 0 saturated heterocycles. The molecule has 1 aromatic rings. The lowest BCUT2D eigenvalue weighted by Crippen LogP contribution is -2.24. The van der Waals surface area contributed by atoms with Gasteiger partial charge in [0.05, 0.1) is 16.1 Å². The molecule has 4 heteroatoms. The van der Waals surface area contributed by atoms with Crippen LogP contribution in [0.3, 0.4) is 0 Å². The molecule has 0 fully saturated rings. The molecule has 16 heavy (non-hydrogen) atoms. The fourth-order valence-corrected chi connectivity index (χ4v) is 2.19. The molecule has 0 spiro atoms. The first-order valence-corrected chi connectivity index (χ1v) is 6.38. The van der Waals surface area contributed by atoms with Crippen molar-refractivity contribution < 1.29 is 9.90 Å². The quantitative estimate of drug-likeness (QED) is 0.860. The van der Waals surface area contributed by atoms with Crippen molar-refractivity contribution in [1.82, 2.24) is 4.98 Å². The topological polar surface area (TPSA) is 50.2 Å². The number of hydrogen-bond acceptors (Lipinski definition) is 3. The Bertz CT molecular complexity index is 369. The van der Waals surface area contributed by atoms with E-state index in [-0.39, 0.29) is 0 Å². The first kappa shape index (κ1) is 13.2. The average molecular weight is 241 g/mol. The lowest BCUT2D eigenvalue weighted by Gasteiger charge is -2.17. The van der Waals surface area contributed by atoms with E-state index in [9.17, 15) is 4.79 Å². The molecule has 0 radical (unpaired) electrons. The molecule has 1 aromatic heterocycles. The summed E-state index contributed by atoms with van der Waals surface area (Å²) in [6.45, 7) is 7.73. The van der Waals surface area contributed by atoms with E-state index in [1.807, 2.05) is 0 Å². The molecular formula is C12H19NO2S. The summed E-state index contributed by atoms with van der Waals surface area (Å²) >= 11 is 1.63. The minimum atomic E-state index is -0.742. The van der Waals surface area contributed by atoms with E-state index in [1.165, 1.54) is 0 Å². The Morgan fingerprint density at radius 1 is 1.56 bits per heavy atom. The number of nitrogens with zero attached hydrogens (tertiary/aromatic N) is 1. The van der Waals surface area contributed by atoms with E-state index in [2.05, 4.69) is 24.2 Å². The highest BCUT2D eigenvalue weighted by molar-refractivity contribution is 7.09. The number of aliphatic carboxylic acids is 1. The highest BCUT2D eigenvalue weighted by atomic mass is 32.1. The van der Waals surface area contributed by atoms with Gasteiger partial charge in [0, 0.05) is 11.8 Å². The Hall–Kier alpha value is -0.900. The number of aryl methyl sites for hydroxylation is 1. The van der Waals surface area contributed by atoms with Crippen LogP contribution in [0.5, 0.6) is 0 Å². The van der Waals surface area contributed by atoms with Gasteiger partial charge in [0.2, 0.25) is 0 Å². The third-order valence-electron chi connectivity index (χ3n) is 2.70. The van der Waals surface area contributed by atoms with E-state index < -0.39 is 11.4 Å². The highest BCUT2D eigenvalue weighted by Crippen LogP contribution is 2.25. The van der Waals surface area contributed by atoms with Crippen LogP contribution < -0.4 is 0 Å². The molecule has 0 saturated carbocycles. The molecule has 3 nitrogen and oxygen atoms in total. The number of aromatic nitrogens is 1. The maximum atomic E-state index is 10.9. The second kappa shape index (κ2) is 4.95. The smallest absolute Gasteiger partial charge is 0.309 e. The van der Waals surface area contributed by atoms with Gasteiger partial charge in [0.25, 0.3) is 0 Å². The number of carboxylic acids is 1. The number of carboxylic acid groups (broad SMARTS) is 1. The molecule has 1 rings (SSSR count). The fraction of sp³-hybridized carbons (Fsp3) is 0.667. The SMILES string of the molecule is CC(C)c1csc(CCC(C)(C)C(=O)O)n1. The van der Waals surface area contributed by atoms with Gasteiger partial charge in [-0.1, -0.05) is 13.8 Å². The Morgan fingerprint density at radius 2 is 2.19 bits per heavy atom. The molecule has 0 aliphatic rings. The summed E-state index contributed by atoms with van der Waals surface area (Å²) in [6.07, 6.45) is 1.38. The number of hydrogen-bond donors (Lipinski definition) is 1. The standard InChI is InChI=1S/C12H19NO2S/c1-8(2)9-7-16-10(13-9)5-6-12(3,4)11(14)15/h7-8H,5-6H2,1-4H3,(H,14,15). The second-order valence-corrected chi connectivity index (χ2v) is 5.95. The minimum Gasteiger partial charge on any atom is -0.481 e. The summed E-state index contributed by atoms with van der Waals surface area (Å²) in [5, 5.41) is 12.1. The molecule has 0 atom stereocenters. The molecule has 90 valence electrons. The van der Waals surface area contributed by atoms with Gasteiger partial charge in [-0.05, 0) is 26.2 Å². The molecule has 0 aliphatic heterocycles. The third-order valence-corrected chi connectivity index (χ3v) is 3.63. The zero-order chi connectivity index (χ0) is 12.3. The van der Waals surface area contributed by atoms with Crippen molar-refractivity contribution in [3.8, 4) is 0 Å². The van der Waals surface area contributed by atoms with Gasteiger partial charge in [-0.3, -0.25) is 4.79 Å². The van der Waals surface area contributed by atoms with Crippen LogP contribution in [-0.4, -0.2) is 16.1 Å². The molecule has 0 unspecified atom stereocenters. The average Bonchev–Trinajstić information content (AvgIpc) is 2.63. The van der Waals surface area contributed by atoms with Crippen molar-refractivity contribution in [2.75, 3.05) is 0 Å². The summed E-state index contributed by atoms with van der Waals surface area (Å²) < 4.78 is 0. The van der Waals surface area contributed by atoms with Crippen LogP contribution in [0.15, 0.2) is 5.38 Å². The minimum absolute atomic E-state index is 0.442. The fourth-order valence-electron chi connectivity index (χ4n) is 1.23. The summed E-state index contributed by atoms with van der Waals surface area (Å²) in [5.74, 6) is -0.300. The molecule has 1 N–H and O–H groups in total. The Labute approximate surface area is 101 Å². The zero-order valence-electron chi connectivity index (χ0n) is 10.3. The summed E-state index contributed by atoms with van der Waals surface area (Å²) in [4.78, 5) is 15.4. The molecular weight excluding hydrogens is 222 g/mol. The van der Waals surface area contributed by atoms with Gasteiger partial charge in [-0.2, -0.15) is 0 Å². The number of rotatable bonds is 5. The van der Waals surface area contributed by atoms with Crippen molar-refractivity contribution in [2.45, 2.75) is 46.5 Å². The lowest BCUT2D eigenvalue weighted by atomic mass is 9.88. The van der Waals surface area contributed by atoms with Crippen LogP contribution in [0.1, 0.15) is 50.7 Å². The first-order valence-electron chi connectivity index (χ1n) is 5.50. The Morgan fingerprint density at radius 3 is 2.62 bits per heavy atom. The normalized spacial score (nSPS) is 12.1. The van der Waals surface area contributed by atoms with Crippen molar-refractivity contribution in [3.63, 3.8) is 0 Å². The van der Waals surface area contributed by atoms with Crippen molar-refractivity contribution >= 4 is 17.3 Å². The van der Waals surface area contributed by atoms with Crippen molar-refractivity contribution in [3.05, 3.63) is 16.1 Å². The number of carbonyl (C=O) groups is 1. The van der Waals surface area contributed by atoms with Gasteiger partial charge >= 0.3 is 5.97 Å². The van der Waals surface area contributed by atoms with Crippen LogP contribution in [0, 0.1) is 5.41 Å². The zero-order valence-corrected chi connectivity index (χ0v) is 11.1. The molecule has 0 aliphatic carbocycles. The molecule has 0 bridgehead atoms. The van der Waals surface area contributed by atoms with Crippen LogP contribution >= 0.6 is 11.3 Å².